The average molecular weight is 179 g/mol. The van der Waals surface area contributed by atoms with Crippen LogP contribution in [0.2, 0.25) is 0 Å². The smallest absolute Gasteiger partial charge is 0.0424 e. The third kappa shape index (κ3) is 2.70. The van der Waals surface area contributed by atoms with E-state index in [0.29, 0.717) is 0 Å². The second-order valence-electron chi connectivity index (χ2n) is 3.23. The monoisotopic (exact) mass is 179 g/mol. The molecular weight excluding hydrogens is 162 g/mol. The molecule has 0 spiro atoms. The molecule has 0 unspecified atom stereocenters. The molecule has 0 atom stereocenters. The third-order valence-electron chi connectivity index (χ3n) is 2.10. The SMILES string of the molecule is Cc1cnccc1N(C)CCCN. The average Bonchev–Trinajstić information content (AvgIpc) is 2.15. The summed E-state index contributed by atoms with van der Waals surface area (Å²) in [5, 5.41) is 0. The molecule has 1 aromatic heterocycles. The predicted octanol–water partition coefficient (Wildman–Crippen LogP) is 1.18. The summed E-state index contributed by atoms with van der Waals surface area (Å²) in [4.78, 5) is 6.27. The fourth-order valence-electron chi connectivity index (χ4n) is 1.34. The first kappa shape index (κ1) is 9.99. The maximum atomic E-state index is 5.45. The minimum atomic E-state index is 0.745. The van der Waals surface area contributed by atoms with Gasteiger partial charge in [-0.25, -0.2) is 0 Å². The number of nitrogens with zero attached hydrogens (tertiary/aromatic N) is 2. The first-order valence-electron chi connectivity index (χ1n) is 4.57. The van der Waals surface area contributed by atoms with E-state index in [4.69, 9.17) is 5.73 Å². The van der Waals surface area contributed by atoms with Crippen molar-refractivity contribution in [2.24, 2.45) is 5.73 Å². The summed E-state index contributed by atoms with van der Waals surface area (Å²) in [5.41, 5.74) is 7.90. The van der Waals surface area contributed by atoms with E-state index in [1.54, 1.807) is 0 Å². The van der Waals surface area contributed by atoms with Gasteiger partial charge in [0.2, 0.25) is 0 Å². The zero-order valence-corrected chi connectivity index (χ0v) is 8.33. The highest BCUT2D eigenvalue weighted by Gasteiger charge is 2.02. The Morgan fingerprint density at radius 3 is 2.92 bits per heavy atom. The molecule has 0 amide bonds. The molecule has 0 saturated carbocycles. The normalized spacial score (nSPS) is 10.1. The lowest BCUT2D eigenvalue weighted by molar-refractivity contribution is 0.793. The summed E-state index contributed by atoms with van der Waals surface area (Å²) < 4.78 is 0. The second-order valence-corrected chi connectivity index (χ2v) is 3.23. The Labute approximate surface area is 79.6 Å². The van der Waals surface area contributed by atoms with Crippen molar-refractivity contribution in [1.82, 2.24) is 4.98 Å². The maximum Gasteiger partial charge on any atom is 0.0424 e. The van der Waals surface area contributed by atoms with Gasteiger partial charge in [0.1, 0.15) is 0 Å². The van der Waals surface area contributed by atoms with Crippen LogP contribution in [0.1, 0.15) is 12.0 Å². The van der Waals surface area contributed by atoms with Gasteiger partial charge in [-0.2, -0.15) is 0 Å². The van der Waals surface area contributed by atoms with E-state index < -0.39 is 0 Å². The highest BCUT2D eigenvalue weighted by molar-refractivity contribution is 5.50. The number of anilines is 1. The molecule has 0 aliphatic carbocycles. The Morgan fingerprint density at radius 2 is 2.31 bits per heavy atom. The van der Waals surface area contributed by atoms with E-state index in [1.807, 2.05) is 18.5 Å². The lowest BCUT2D eigenvalue weighted by Crippen LogP contribution is -2.21. The highest BCUT2D eigenvalue weighted by atomic mass is 15.1. The Hall–Kier alpha value is -1.09. The van der Waals surface area contributed by atoms with Crippen molar-refractivity contribution in [2.75, 3.05) is 25.0 Å². The van der Waals surface area contributed by atoms with E-state index in [1.165, 1.54) is 11.3 Å². The molecule has 0 aliphatic rings. The quantitative estimate of drug-likeness (QED) is 0.754. The van der Waals surface area contributed by atoms with Crippen molar-refractivity contribution in [3.05, 3.63) is 24.0 Å². The number of nitrogens with two attached hydrogens (primary N) is 1. The van der Waals surface area contributed by atoms with E-state index in [2.05, 4.69) is 23.9 Å². The van der Waals surface area contributed by atoms with Crippen LogP contribution < -0.4 is 10.6 Å². The zero-order chi connectivity index (χ0) is 9.68. The molecule has 1 rings (SSSR count). The van der Waals surface area contributed by atoms with Crippen molar-refractivity contribution < 1.29 is 0 Å². The summed E-state index contributed by atoms with van der Waals surface area (Å²) in [6.07, 6.45) is 4.73. The summed E-state index contributed by atoms with van der Waals surface area (Å²) in [6.45, 7) is 3.82. The molecule has 0 aliphatic heterocycles. The lowest BCUT2D eigenvalue weighted by Gasteiger charge is -2.20. The van der Waals surface area contributed by atoms with Crippen molar-refractivity contribution in [3.8, 4) is 0 Å². The standard InChI is InChI=1S/C10H17N3/c1-9-8-12-6-4-10(9)13(2)7-3-5-11/h4,6,8H,3,5,7,11H2,1-2H3. The van der Waals surface area contributed by atoms with Gasteiger partial charge in [0.05, 0.1) is 0 Å². The third-order valence-corrected chi connectivity index (χ3v) is 2.10. The van der Waals surface area contributed by atoms with E-state index in [9.17, 15) is 0 Å². The van der Waals surface area contributed by atoms with Crippen molar-refractivity contribution in [1.29, 1.82) is 0 Å². The maximum absolute atomic E-state index is 5.45. The van der Waals surface area contributed by atoms with Crippen LogP contribution in [0.4, 0.5) is 5.69 Å². The summed E-state index contributed by atoms with van der Waals surface area (Å²) in [5.74, 6) is 0. The lowest BCUT2D eigenvalue weighted by atomic mass is 10.2. The molecule has 0 saturated heterocycles. The van der Waals surface area contributed by atoms with E-state index >= 15 is 0 Å². The molecule has 0 aromatic carbocycles. The van der Waals surface area contributed by atoms with Crippen molar-refractivity contribution in [2.45, 2.75) is 13.3 Å². The van der Waals surface area contributed by atoms with Gasteiger partial charge in [-0.05, 0) is 31.5 Å². The number of pyridine rings is 1. The van der Waals surface area contributed by atoms with Gasteiger partial charge < -0.3 is 10.6 Å². The number of rotatable bonds is 4. The minimum absolute atomic E-state index is 0.745. The van der Waals surface area contributed by atoms with Gasteiger partial charge in [-0.1, -0.05) is 0 Å². The van der Waals surface area contributed by atoms with Gasteiger partial charge in [-0.15, -0.1) is 0 Å². The first-order valence-corrected chi connectivity index (χ1v) is 4.57. The number of hydrogen-bond donors (Lipinski definition) is 1. The predicted molar refractivity (Wildman–Crippen MR) is 55.9 cm³/mol. The Balaban J connectivity index is 2.65. The molecule has 0 bridgehead atoms. The van der Waals surface area contributed by atoms with Crippen LogP contribution in [0.25, 0.3) is 0 Å². The van der Waals surface area contributed by atoms with Crippen molar-refractivity contribution in [3.63, 3.8) is 0 Å². The van der Waals surface area contributed by atoms with Crippen LogP contribution in [0.5, 0.6) is 0 Å². The molecule has 0 fully saturated rings. The van der Waals surface area contributed by atoms with Crippen LogP contribution in [0.15, 0.2) is 18.5 Å². The zero-order valence-electron chi connectivity index (χ0n) is 8.33. The Bertz CT molecular complexity index is 260. The van der Waals surface area contributed by atoms with E-state index in [0.717, 1.165) is 19.5 Å². The molecule has 3 heteroatoms. The van der Waals surface area contributed by atoms with Gasteiger partial charge in [0, 0.05) is 31.7 Å². The largest absolute Gasteiger partial charge is 0.374 e. The minimum Gasteiger partial charge on any atom is -0.374 e. The number of aromatic nitrogens is 1. The number of aryl methyl sites for hydroxylation is 1. The topological polar surface area (TPSA) is 42.2 Å². The van der Waals surface area contributed by atoms with Crippen LogP contribution in [0, 0.1) is 6.92 Å². The van der Waals surface area contributed by atoms with Gasteiger partial charge in [0.25, 0.3) is 0 Å². The van der Waals surface area contributed by atoms with Crippen molar-refractivity contribution >= 4 is 5.69 Å². The molecule has 1 aromatic rings. The summed E-state index contributed by atoms with van der Waals surface area (Å²) >= 11 is 0. The molecule has 0 radical (unpaired) electrons. The first-order chi connectivity index (χ1) is 6.25. The van der Waals surface area contributed by atoms with Crippen LogP contribution >= 0.6 is 0 Å². The van der Waals surface area contributed by atoms with E-state index in [-0.39, 0.29) is 0 Å². The fourth-order valence-corrected chi connectivity index (χ4v) is 1.34. The molecule has 13 heavy (non-hydrogen) atoms. The second kappa shape index (κ2) is 4.82. The summed E-state index contributed by atoms with van der Waals surface area (Å²) in [7, 11) is 2.08. The molecule has 2 N–H and O–H groups in total. The molecule has 3 nitrogen and oxygen atoms in total. The van der Waals surface area contributed by atoms with Gasteiger partial charge in [-0.3, -0.25) is 4.98 Å². The summed E-state index contributed by atoms with van der Waals surface area (Å²) in [6, 6.07) is 2.03. The molecule has 72 valence electrons. The Morgan fingerprint density at radius 1 is 1.54 bits per heavy atom. The highest BCUT2D eigenvalue weighted by Crippen LogP contribution is 2.16. The molecule has 1 heterocycles. The van der Waals surface area contributed by atoms with Crippen LogP contribution in [-0.2, 0) is 0 Å². The number of hydrogen-bond acceptors (Lipinski definition) is 3. The van der Waals surface area contributed by atoms with Gasteiger partial charge in [0.15, 0.2) is 0 Å². The molecular formula is C10H17N3. The van der Waals surface area contributed by atoms with Crippen LogP contribution in [-0.4, -0.2) is 25.1 Å². The Kier molecular flexibility index (Phi) is 3.71. The van der Waals surface area contributed by atoms with Crippen LogP contribution in [0.3, 0.4) is 0 Å². The van der Waals surface area contributed by atoms with Gasteiger partial charge >= 0.3 is 0 Å². The fraction of sp³-hybridized carbons (Fsp3) is 0.500.